The van der Waals surface area contributed by atoms with Gasteiger partial charge in [-0.15, -0.1) is 0 Å². The molecule has 0 atom stereocenters. The SMILES string of the molecule is Cn1[nH]c(CCC2CCCC2)nc1=S. The maximum absolute atomic E-state index is 5.04. The molecule has 1 saturated carbocycles. The van der Waals surface area contributed by atoms with Crippen LogP contribution in [0.5, 0.6) is 0 Å². The fraction of sp³-hybridized carbons (Fsp3) is 0.800. The molecular weight excluding hydrogens is 194 g/mol. The minimum Gasteiger partial charge on any atom is -0.283 e. The van der Waals surface area contributed by atoms with Gasteiger partial charge < -0.3 is 0 Å². The molecule has 4 heteroatoms. The zero-order valence-electron chi connectivity index (χ0n) is 8.62. The summed E-state index contributed by atoms with van der Waals surface area (Å²) in [5.41, 5.74) is 0. The molecule has 1 aliphatic carbocycles. The van der Waals surface area contributed by atoms with Gasteiger partial charge in [0.05, 0.1) is 0 Å². The van der Waals surface area contributed by atoms with Crippen LogP contribution in [0.2, 0.25) is 0 Å². The van der Waals surface area contributed by atoms with Crippen LogP contribution in [0.4, 0.5) is 0 Å². The van der Waals surface area contributed by atoms with Gasteiger partial charge in [-0.1, -0.05) is 25.7 Å². The summed E-state index contributed by atoms with van der Waals surface area (Å²) in [6.45, 7) is 0. The molecule has 0 radical (unpaired) electrons. The van der Waals surface area contributed by atoms with Gasteiger partial charge in [0.2, 0.25) is 4.77 Å². The molecule has 14 heavy (non-hydrogen) atoms. The average Bonchev–Trinajstić information content (AvgIpc) is 2.74. The fourth-order valence-electron chi connectivity index (χ4n) is 2.21. The molecule has 1 aromatic heterocycles. The van der Waals surface area contributed by atoms with Crippen molar-refractivity contribution in [3.63, 3.8) is 0 Å². The first kappa shape index (κ1) is 9.90. The van der Waals surface area contributed by atoms with Crippen molar-refractivity contribution < 1.29 is 0 Å². The molecule has 0 aromatic carbocycles. The molecule has 1 N–H and O–H groups in total. The van der Waals surface area contributed by atoms with Crippen molar-refractivity contribution in [1.29, 1.82) is 0 Å². The highest BCUT2D eigenvalue weighted by molar-refractivity contribution is 7.71. The Bertz CT molecular complexity index is 346. The lowest BCUT2D eigenvalue weighted by molar-refractivity contribution is 0.496. The van der Waals surface area contributed by atoms with Crippen LogP contribution in [0.25, 0.3) is 0 Å². The highest BCUT2D eigenvalue weighted by atomic mass is 32.1. The third-order valence-corrected chi connectivity index (χ3v) is 3.44. The second kappa shape index (κ2) is 4.26. The summed E-state index contributed by atoms with van der Waals surface area (Å²) in [5.74, 6) is 1.98. The molecular formula is C10H17N3S. The molecule has 0 unspecified atom stereocenters. The summed E-state index contributed by atoms with van der Waals surface area (Å²) in [6, 6.07) is 0. The Labute approximate surface area is 89.5 Å². The van der Waals surface area contributed by atoms with E-state index in [9.17, 15) is 0 Å². The van der Waals surface area contributed by atoms with E-state index in [0.717, 1.165) is 18.2 Å². The van der Waals surface area contributed by atoms with E-state index in [2.05, 4.69) is 10.1 Å². The summed E-state index contributed by atoms with van der Waals surface area (Å²) in [6.07, 6.45) is 7.98. The standard InChI is InChI=1S/C10H17N3S/c1-13-10(14)11-9(12-13)7-6-8-4-2-3-5-8/h8H,2-7H2,1H3,(H,11,12,14). The van der Waals surface area contributed by atoms with Crippen molar-refractivity contribution in [1.82, 2.24) is 14.8 Å². The van der Waals surface area contributed by atoms with E-state index in [0.29, 0.717) is 4.77 Å². The van der Waals surface area contributed by atoms with E-state index >= 15 is 0 Å². The van der Waals surface area contributed by atoms with E-state index in [4.69, 9.17) is 12.2 Å². The number of nitrogens with zero attached hydrogens (tertiary/aromatic N) is 2. The van der Waals surface area contributed by atoms with Crippen LogP contribution in [0.15, 0.2) is 0 Å². The molecule has 1 heterocycles. The zero-order valence-corrected chi connectivity index (χ0v) is 9.44. The minimum absolute atomic E-state index is 0.659. The van der Waals surface area contributed by atoms with Crippen molar-refractivity contribution in [3.05, 3.63) is 10.6 Å². The second-order valence-electron chi connectivity index (χ2n) is 4.20. The van der Waals surface area contributed by atoms with E-state index in [1.54, 1.807) is 4.68 Å². The number of nitrogens with one attached hydrogen (secondary N) is 1. The van der Waals surface area contributed by atoms with Crippen molar-refractivity contribution in [3.8, 4) is 0 Å². The molecule has 78 valence electrons. The van der Waals surface area contributed by atoms with Crippen molar-refractivity contribution in [2.24, 2.45) is 13.0 Å². The number of aromatic amines is 1. The summed E-state index contributed by atoms with van der Waals surface area (Å²) < 4.78 is 2.46. The van der Waals surface area contributed by atoms with Gasteiger partial charge >= 0.3 is 0 Å². The Kier molecular flexibility index (Phi) is 3.01. The van der Waals surface area contributed by atoms with Gasteiger partial charge in [0.1, 0.15) is 5.82 Å². The van der Waals surface area contributed by atoms with E-state index < -0.39 is 0 Å². The molecule has 0 bridgehead atoms. The monoisotopic (exact) mass is 211 g/mol. The molecule has 2 rings (SSSR count). The quantitative estimate of drug-likeness (QED) is 0.780. The largest absolute Gasteiger partial charge is 0.283 e. The van der Waals surface area contributed by atoms with E-state index in [1.807, 2.05) is 7.05 Å². The summed E-state index contributed by atoms with van der Waals surface area (Å²) in [4.78, 5) is 4.29. The molecule has 1 aromatic rings. The Hall–Kier alpha value is -0.640. The van der Waals surface area contributed by atoms with Crippen LogP contribution in [0.3, 0.4) is 0 Å². The molecule has 0 spiro atoms. The third-order valence-electron chi connectivity index (χ3n) is 3.08. The van der Waals surface area contributed by atoms with Crippen molar-refractivity contribution in [2.75, 3.05) is 0 Å². The van der Waals surface area contributed by atoms with Gasteiger partial charge in [0.15, 0.2) is 0 Å². The zero-order chi connectivity index (χ0) is 9.97. The average molecular weight is 211 g/mol. The van der Waals surface area contributed by atoms with Gasteiger partial charge in [-0.2, -0.15) is 0 Å². The normalized spacial score (nSPS) is 17.8. The Morgan fingerprint density at radius 3 is 2.79 bits per heavy atom. The van der Waals surface area contributed by atoms with Crippen LogP contribution in [-0.2, 0) is 13.5 Å². The number of aryl methyl sites for hydroxylation is 2. The van der Waals surface area contributed by atoms with Crippen LogP contribution >= 0.6 is 12.2 Å². The molecule has 0 aliphatic heterocycles. The highest BCUT2D eigenvalue weighted by Gasteiger charge is 2.15. The second-order valence-corrected chi connectivity index (χ2v) is 4.57. The number of hydrogen-bond acceptors (Lipinski definition) is 2. The Morgan fingerprint density at radius 2 is 2.21 bits per heavy atom. The molecule has 1 fully saturated rings. The van der Waals surface area contributed by atoms with Crippen LogP contribution in [0.1, 0.15) is 37.9 Å². The maximum atomic E-state index is 5.04. The first-order valence-corrected chi connectivity index (χ1v) is 5.78. The highest BCUT2D eigenvalue weighted by Crippen LogP contribution is 2.28. The Balaban J connectivity index is 1.88. The van der Waals surface area contributed by atoms with Crippen LogP contribution < -0.4 is 0 Å². The van der Waals surface area contributed by atoms with Gasteiger partial charge in [-0.25, -0.2) is 4.98 Å². The fourth-order valence-corrected chi connectivity index (χ4v) is 2.36. The lowest BCUT2D eigenvalue weighted by Crippen LogP contribution is -1.98. The van der Waals surface area contributed by atoms with Gasteiger partial charge in [0.25, 0.3) is 0 Å². The predicted molar refractivity (Wildman–Crippen MR) is 58.7 cm³/mol. The summed E-state index contributed by atoms with van der Waals surface area (Å²) in [7, 11) is 1.91. The lowest BCUT2D eigenvalue weighted by atomic mass is 10.0. The maximum Gasteiger partial charge on any atom is 0.215 e. The van der Waals surface area contributed by atoms with Crippen molar-refractivity contribution >= 4 is 12.2 Å². The van der Waals surface area contributed by atoms with Gasteiger partial charge in [0, 0.05) is 13.5 Å². The first-order valence-electron chi connectivity index (χ1n) is 5.37. The van der Waals surface area contributed by atoms with Crippen molar-refractivity contribution in [2.45, 2.75) is 38.5 Å². The predicted octanol–water partition coefficient (Wildman–Crippen LogP) is 2.60. The minimum atomic E-state index is 0.659. The van der Waals surface area contributed by atoms with Gasteiger partial charge in [-0.3, -0.25) is 9.78 Å². The number of hydrogen-bond donors (Lipinski definition) is 1. The summed E-state index contributed by atoms with van der Waals surface area (Å²) in [5, 5.41) is 3.17. The first-order chi connectivity index (χ1) is 6.75. The third kappa shape index (κ3) is 2.23. The van der Waals surface area contributed by atoms with E-state index in [-0.39, 0.29) is 0 Å². The molecule has 1 aliphatic rings. The van der Waals surface area contributed by atoms with Gasteiger partial charge in [-0.05, 0) is 24.6 Å². The molecule has 3 nitrogen and oxygen atoms in total. The van der Waals surface area contributed by atoms with E-state index in [1.165, 1.54) is 32.1 Å². The Morgan fingerprint density at radius 1 is 1.50 bits per heavy atom. The lowest BCUT2D eigenvalue weighted by Gasteiger charge is -2.05. The molecule has 0 saturated heterocycles. The smallest absolute Gasteiger partial charge is 0.215 e. The van der Waals surface area contributed by atoms with Crippen LogP contribution in [-0.4, -0.2) is 14.8 Å². The topological polar surface area (TPSA) is 33.6 Å². The number of H-pyrrole nitrogens is 1. The summed E-state index contributed by atoms with van der Waals surface area (Å²) >= 11 is 5.04. The van der Waals surface area contributed by atoms with Crippen LogP contribution in [0, 0.1) is 10.7 Å². The molecule has 0 amide bonds. The number of rotatable bonds is 3. The number of aromatic nitrogens is 3.